The van der Waals surface area contributed by atoms with Crippen LogP contribution in [0.5, 0.6) is 0 Å². The highest BCUT2D eigenvalue weighted by atomic mass is 32.2. The van der Waals surface area contributed by atoms with Crippen LogP contribution in [0.3, 0.4) is 0 Å². The molecule has 7 nitrogen and oxygen atoms in total. The maximum absolute atomic E-state index is 12.5. The van der Waals surface area contributed by atoms with Gasteiger partial charge in [-0.25, -0.2) is 13.1 Å². The molecule has 0 aliphatic carbocycles. The predicted molar refractivity (Wildman–Crippen MR) is 103 cm³/mol. The number of carbonyl (C=O) groups is 2. The lowest BCUT2D eigenvalue weighted by atomic mass is 10.2. The molecule has 0 radical (unpaired) electrons. The second kappa shape index (κ2) is 7.50. The Hall–Kier alpha value is -2.71. The van der Waals surface area contributed by atoms with Crippen LogP contribution in [-0.2, 0) is 26.0 Å². The van der Waals surface area contributed by atoms with E-state index in [1.54, 1.807) is 29.2 Å². The lowest BCUT2D eigenvalue weighted by molar-refractivity contribution is -0.116. The van der Waals surface area contributed by atoms with Crippen molar-refractivity contribution < 1.29 is 18.0 Å². The molecule has 8 heteroatoms. The molecule has 0 spiro atoms. The number of sulfonamides is 1. The largest absolute Gasteiger partial charge is 0.325 e. The van der Waals surface area contributed by atoms with Crippen molar-refractivity contribution in [2.24, 2.45) is 0 Å². The molecule has 2 amide bonds. The van der Waals surface area contributed by atoms with Crippen molar-refractivity contribution in [2.45, 2.75) is 25.2 Å². The van der Waals surface area contributed by atoms with Gasteiger partial charge in [-0.1, -0.05) is 12.1 Å². The van der Waals surface area contributed by atoms with Gasteiger partial charge in [0.15, 0.2) is 0 Å². The van der Waals surface area contributed by atoms with E-state index in [4.69, 9.17) is 0 Å². The molecule has 1 aliphatic heterocycles. The van der Waals surface area contributed by atoms with E-state index in [9.17, 15) is 18.0 Å². The number of amides is 2. The summed E-state index contributed by atoms with van der Waals surface area (Å²) in [5, 5.41) is 2.66. The summed E-state index contributed by atoms with van der Waals surface area (Å²) in [5.74, 6) is -0.525. The summed E-state index contributed by atoms with van der Waals surface area (Å²) in [6, 6.07) is 11.9. The van der Waals surface area contributed by atoms with E-state index >= 15 is 0 Å². The lowest BCUT2D eigenvalue weighted by Crippen LogP contribution is -2.33. The molecular formula is C19H21N3O4S. The van der Waals surface area contributed by atoms with Crippen LogP contribution in [-0.4, -0.2) is 33.3 Å². The minimum Gasteiger partial charge on any atom is -0.325 e. The molecule has 0 bridgehead atoms. The van der Waals surface area contributed by atoms with Crippen molar-refractivity contribution in [3.63, 3.8) is 0 Å². The van der Waals surface area contributed by atoms with E-state index in [2.05, 4.69) is 10.0 Å². The highest BCUT2D eigenvalue weighted by Crippen LogP contribution is 2.30. The van der Waals surface area contributed by atoms with Gasteiger partial charge < -0.3 is 10.2 Å². The number of hydrogen-bond acceptors (Lipinski definition) is 4. The summed E-state index contributed by atoms with van der Waals surface area (Å²) in [4.78, 5) is 25.3. The summed E-state index contributed by atoms with van der Waals surface area (Å²) in [5.41, 5.74) is 3.14. The van der Waals surface area contributed by atoms with Crippen molar-refractivity contribution in [1.82, 2.24) is 4.72 Å². The Labute approximate surface area is 158 Å². The van der Waals surface area contributed by atoms with E-state index in [-0.39, 0.29) is 17.3 Å². The van der Waals surface area contributed by atoms with Crippen LogP contribution >= 0.6 is 0 Å². The van der Waals surface area contributed by atoms with Gasteiger partial charge in [-0.05, 0) is 54.8 Å². The smallest absolute Gasteiger partial charge is 0.241 e. The maximum Gasteiger partial charge on any atom is 0.241 e. The molecule has 2 N–H and O–H groups in total. The first-order chi connectivity index (χ1) is 12.8. The standard InChI is InChI=1S/C19H21N3O4S/c1-13-4-3-5-16(10-13)21-19(24)12-20-27(25,26)17-6-7-18-15(11-17)8-9-22(18)14(2)23/h3-7,10-11,20H,8-9,12H2,1-2H3,(H,21,24). The first-order valence-corrected chi connectivity index (χ1v) is 10.0. The Morgan fingerprint density at radius 1 is 1.15 bits per heavy atom. The van der Waals surface area contributed by atoms with Crippen LogP contribution in [0.15, 0.2) is 47.4 Å². The Morgan fingerprint density at radius 3 is 2.63 bits per heavy atom. The van der Waals surface area contributed by atoms with Gasteiger partial charge in [0.2, 0.25) is 21.8 Å². The molecule has 27 heavy (non-hydrogen) atoms. The van der Waals surface area contributed by atoms with Crippen LogP contribution in [0, 0.1) is 6.92 Å². The first-order valence-electron chi connectivity index (χ1n) is 8.53. The van der Waals surface area contributed by atoms with Crippen molar-refractivity contribution in [3.05, 3.63) is 53.6 Å². The fraction of sp³-hybridized carbons (Fsp3) is 0.263. The third-order valence-corrected chi connectivity index (χ3v) is 5.76. The average Bonchev–Trinajstić information content (AvgIpc) is 3.03. The third kappa shape index (κ3) is 4.35. The van der Waals surface area contributed by atoms with Gasteiger partial charge in [-0.15, -0.1) is 0 Å². The van der Waals surface area contributed by atoms with Gasteiger partial charge in [-0.2, -0.15) is 0 Å². The van der Waals surface area contributed by atoms with Crippen molar-refractivity contribution in [2.75, 3.05) is 23.3 Å². The van der Waals surface area contributed by atoms with Gasteiger partial charge in [0, 0.05) is 24.8 Å². The molecule has 2 aromatic rings. The average molecular weight is 387 g/mol. The van der Waals surface area contributed by atoms with Gasteiger partial charge in [0.05, 0.1) is 11.4 Å². The Morgan fingerprint density at radius 2 is 1.93 bits per heavy atom. The molecule has 142 valence electrons. The first kappa shape index (κ1) is 19.1. The minimum absolute atomic E-state index is 0.0738. The summed E-state index contributed by atoms with van der Waals surface area (Å²) in [6.07, 6.45) is 0.603. The molecular weight excluding hydrogens is 366 g/mol. The summed E-state index contributed by atoms with van der Waals surface area (Å²) in [7, 11) is -3.83. The number of fused-ring (bicyclic) bond motifs is 1. The van der Waals surface area contributed by atoms with E-state index in [0.29, 0.717) is 18.7 Å². The predicted octanol–water partition coefficient (Wildman–Crippen LogP) is 1.82. The molecule has 0 saturated carbocycles. The van der Waals surface area contributed by atoms with Crippen LogP contribution in [0.25, 0.3) is 0 Å². The Balaban J connectivity index is 1.67. The lowest BCUT2D eigenvalue weighted by Gasteiger charge is -2.15. The van der Waals surface area contributed by atoms with Gasteiger partial charge >= 0.3 is 0 Å². The zero-order valence-electron chi connectivity index (χ0n) is 15.2. The fourth-order valence-electron chi connectivity index (χ4n) is 3.04. The zero-order chi connectivity index (χ0) is 19.6. The van der Waals surface area contributed by atoms with Crippen molar-refractivity contribution >= 4 is 33.2 Å². The highest BCUT2D eigenvalue weighted by Gasteiger charge is 2.25. The number of benzene rings is 2. The van der Waals surface area contributed by atoms with E-state index in [0.717, 1.165) is 16.8 Å². The normalized spacial score (nSPS) is 13.3. The van der Waals surface area contributed by atoms with E-state index in [1.807, 2.05) is 19.1 Å². The topological polar surface area (TPSA) is 95.6 Å². The number of nitrogens with zero attached hydrogens (tertiary/aromatic N) is 1. The van der Waals surface area contributed by atoms with Crippen molar-refractivity contribution in [1.29, 1.82) is 0 Å². The second-order valence-electron chi connectivity index (χ2n) is 6.45. The number of aryl methyl sites for hydroxylation is 1. The van der Waals surface area contributed by atoms with E-state index in [1.165, 1.54) is 13.0 Å². The molecule has 0 fully saturated rings. The van der Waals surface area contributed by atoms with Gasteiger partial charge in [-0.3, -0.25) is 9.59 Å². The summed E-state index contributed by atoms with van der Waals surface area (Å²) in [6.45, 7) is 3.56. The molecule has 0 atom stereocenters. The molecule has 0 aromatic heterocycles. The van der Waals surface area contributed by atoms with Crippen LogP contribution in [0.2, 0.25) is 0 Å². The molecule has 3 rings (SSSR count). The van der Waals surface area contributed by atoms with E-state index < -0.39 is 15.9 Å². The van der Waals surface area contributed by atoms with Crippen LogP contribution < -0.4 is 14.9 Å². The third-order valence-electron chi connectivity index (χ3n) is 4.36. The van der Waals surface area contributed by atoms with Gasteiger partial charge in [0.1, 0.15) is 0 Å². The summed E-state index contributed by atoms with van der Waals surface area (Å²) < 4.78 is 27.3. The second-order valence-corrected chi connectivity index (χ2v) is 8.22. The quantitative estimate of drug-likeness (QED) is 0.818. The number of hydrogen-bond donors (Lipinski definition) is 2. The molecule has 1 heterocycles. The molecule has 0 unspecified atom stereocenters. The van der Waals surface area contributed by atoms with Crippen LogP contribution in [0.1, 0.15) is 18.1 Å². The number of carbonyl (C=O) groups excluding carboxylic acids is 2. The maximum atomic E-state index is 12.5. The number of anilines is 2. The molecule has 0 saturated heterocycles. The van der Waals surface area contributed by atoms with Crippen molar-refractivity contribution in [3.8, 4) is 0 Å². The zero-order valence-corrected chi connectivity index (χ0v) is 16.0. The number of nitrogens with one attached hydrogen (secondary N) is 2. The molecule has 1 aliphatic rings. The summed E-state index contributed by atoms with van der Waals surface area (Å²) >= 11 is 0. The fourth-order valence-corrected chi connectivity index (χ4v) is 4.08. The minimum atomic E-state index is -3.83. The van der Waals surface area contributed by atoms with Gasteiger partial charge in [0.25, 0.3) is 0 Å². The Bertz CT molecular complexity index is 1000. The molecule has 2 aromatic carbocycles. The highest BCUT2D eigenvalue weighted by molar-refractivity contribution is 7.89. The Kier molecular flexibility index (Phi) is 5.29. The number of rotatable bonds is 5. The monoisotopic (exact) mass is 387 g/mol. The SMILES string of the molecule is CC(=O)N1CCc2cc(S(=O)(=O)NCC(=O)Nc3cccc(C)c3)ccc21. The van der Waals surface area contributed by atoms with Crippen LogP contribution in [0.4, 0.5) is 11.4 Å².